The molecule has 0 saturated carbocycles. The molecule has 0 aliphatic rings. The van der Waals surface area contributed by atoms with Crippen molar-refractivity contribution in [2.75, 3.05) is 12.4 Å². The van der Waals surface area contributed by atoms with E-state index in [1.54, 1.807) is 42.7 Å². The van der Waals surface area contributed by atoms with Crippen molar-refractivity contribution in [2.24, 2.45) is 0 Å². The molecule has 0 aliphatic heterocycles. The zero-order valence-electron chi connectivity index (χ0n) is 18.5. The summed E-state index contributed by atoms with van der Waals surface area (Å²) in [5.74, 6) is 0.427. The van der Waals surface area contributed by atoms with Crippen molar-refractivity contribution in [1.29, 1.82) is 0 Å². The number of anilines is 1. The van der Waals surface area contributed by atoms with Gasteiger partial charge in [0.15, 0.2) is 0 Å². The van der Waals surface area contributed by atoms with Crippen LogP contribution in [0.25, 0.3) is 16.7 Å². The number of ether oxygens (including phenoxy) is 2. The zero-order valence-corrected chi connectivity index (χ0v) is 18.5. The van der Waals surface area contributed by atoms with Crippen LogP contribution in [0.4, 0.5) is 10.1 Å². The van der Waals surface area contributed by atoms with Crippen molar-refractivity contribution in [1.82, 2.24) is 14.5 Å². The maximum Gasteiger partial charge on any atom is 0.267 e. The van der Waals surface area contributed by atoms with Gasteiger partial charge < -0.3 is 19.8 Å². The van der Waals surface area contributed by atoms with E-state index < -0.39 is 17.3 Å². The summed E-state index contributed by atoms with van der Waals surface area (Å²) in [4.78, 5) is 33.2. The molecular weight excluding hydrogens is 451 g/mol. The van der Waals surface area contributed by atoms with E-state index in [0.717, 1.165) is 5.39 Å². The number of carbonyl (C=O) groups excluding carboxylic acids is 1. The molecule has 0 atom stereocenters. The second-order valence-electron chi connectivity index (χ2n) is 7.54. The Morgan fingerprint density at radius 3 is 2.69 bits per heavy atom. The Kier molecular flexibility index (Phi) is 5.72. The van der Waals surface area contributed by atoms with Gasteiger partial charge in [-0.2, -0.15) is 0 Å². The molecule has 35 heavy (non-hydrogen) atoms. The second kappa shape index (κ2) is 9.14. The Labute approximate surface area is 198 Å². The van der Waals surface area contributed by atoms with Gasteiger partial charge in [0, 0.05) is 30.3 Å². The number of carbonyl (C=O) groups is 1. The highest BCUT2D eigenvalue weighted by Gasteiger charge is 2.16. The number of pyridine rings is 2. The van der Waals surface area contributed by atoms with Crippen LogP contribution in [0, 0.1) is 5.82 Å². The first kappa shape index (κ1) is 21.9. The van der Waals surface area contributed by atoms with Gasteiger partial charge in [-0.3, -0.25) is 14.2 Å². The van der Waals surface area contributed by atoms with Crippen molar-refractivity contribution in [2.45, 2.75) is 0 Å². The number of benzene rings is 2. The number of nitrogens with zero attached hydrogens (tertiary/aromatic N) is 2. The SMILES string of the molecule is COc1cc(Oc2ccnc3[nH]ccc23)ccc1NC(=O)c1cccn(-c2ccc(F)cc2)c1=O. The maximum atomic E-state index is 13.3. The number of methoxy groups -OCH3 is 1. The number of rotatable bonds is 6. The molecule has 0 spiro atoms. The summed E-state index contributed by atoms with van der Waals surface area (Å²) < 4.78 is 26.0. The summed E-state index contributed by atoms with van der Waals surface area (Å²) in [5.41, 5.74) is 0.891. The Morgan fingerprint density at radius 2 is 1.89 bits per heavy atom. The largest absolute Gasteiger partial charge is 0.494 e. The Bertz CT molecular complexity index is 1590. The van der Waals surface area contributed by atoms with Crippen LogP contribution in [0.5, 0.6) is 17.2 Å². The van der Waals surface area contributed by atoms with E-state index in [0.29, 0.717) is 34.3 Å². The number of H-pyrrole nitrogens is 1. The lowest BCUT2D eigenvalue weighted by Gasteiger charge is -2.13. The van der Waals surface area contributed by atoms with Crippen LogP contribution in [-0.2, 0) is 0 Å². The molecule has 8 nitrogen and oxygen atoms in total. The van der Waals surface area contributed by atoms with Gasteiger partial charge in [0.25, 0.3) is 11.5 Å². The first-order valence-corrected chi connectivity index (χ1v) is 10.6. The van der Waals surface area contributed by atoms with Crippen LogP contribution >= 0.6 is 0 Å². The van der Waals surface area contributed by atoms with Crippen LogP contribution in [0.2, 0.25) is 0 Å². The summed E-state index contributed by atoms with van der Waals surface area (Å²) in [7, 11) is 1.47. The number of fused-ring (bicyclic) bond motifs is 1. The molecule has 5 aromatic rings. The summed E-state index contributed by atoms with van der Waals surface area (Å²) in [6.07, 6.45) is 4.93. The smallest absolute Gasteiger partial charge is 0.267 e. The van der Waals surface area contributed by atoms with E-state index >= 15 is 0 Å². The van der Waals surface area contributed by atoms with Crippen molar-refractivity contribution in [3.63, 3.8) is 0 Å². The van der Waals surface area contributed by atoms with E-state index in [4.69, 9.17) is 9.47 Å². The molecule has 3 aromatic heterocycles. The lowest BCUT2D eigenvalue weighted by atomic mass is 10.2. The van der Waals surface area contributed by atoms with Gasteiger partial charge in [-0.1, -0.05) is 0 Å². The Morgan fingerprint density at radius 1 is 1.06 bits per heavy atom. The molecule has 0 radical (unpaired) electrons. The minimum atomic E-state index is -0.610. The number of halogens is 1. The van der Waals surface area contributed by atoms with E-state index in [1.165, 1.54) is 48.2 Å². The summed E-state index contributed by atoms with van der Waals surface area (Å²) in [6.45, 7) is 0. The van der Waals surface area contributed by atoms with Gasteiger partial charge in [-0.15, -0.1) is 0 Å². The fourth-order valence-corrected chi connectivity index (χ4v) is 3.65. The molecule has 9 heteroatoms. The summed E-state index contributed by atoms with van der Waals surface area (Å²) in [6, 6.07) is 17.0. The maximum absolute atomic E-state index is 13.3. The first-order chi connectivity index (χ1) is 17.0. The van der Waals surface area contributed by atoms with Crippen molar-refractivity contribution in [3.8, 4) is 22.9 Å². The minimum absolute atomic E-state index is 0.0779. The third-order valence-electron chi connectivity index (χ3n) is 5.37. The molecule has 2 N–H and O–H groups in total. The highest BCUT2D eigenvalue weighted by atomic mass is 19.1. The van der Waals surface area contributed by atoms with Gasteiger partial charge in [0.1, 0.15) is 34.3 Å². The van der Waals surface area contributed by atoms with Crippen molar-refractivity contribution >= 4 is 22.6 Å². The third-order valence-corrected chi connectivity index (χ3v) is 5.37. The van der Waals surface area contributed by atoms with Crippen LogP contribution in [0.3, 0.4) is 0 Å². The number of nitrogens with one attached hydrogen (secondary N) is 2. The molecule has 0 bridgehead atoms. The number of hydrogen-bond acceptors (Lipinski definition) is 5. The van der Waals surface area contributed by atoms with E-state index in [-0.39, 0.29) is 5.56 Å². The molecule has 0 saturated heterocycles. The highest BCUT2D eigenvalue weighted by Crippen LogP contribution is 2.34. The lowest BCUT2D eigenvalue weighted by Crippen LogP contribution is -2.27. The van der Waals surface area contributed by atoms with Crippen LogP contribution in [0.15, 0.2) is 90.1 Å². The fourth-order valence-electron chi connectivity index (χ4n) is 3.65. The van der Waals surface area contributed by atoms with Crippen molar-refractivity contribution in [3.05, 3.63) is 107 Å². The topological polar surface area (TPSA) is 98.2 Å². The van der Waals surface area contributed by atoms with Gasteiger partial charge in [-0.25, -0.2) is 9.37 Å². The minimum Gasteiger partial charge on any atom is -0.494 e. The summed E-state index contributed by atoms with van der Waals surface area (Å²) >= 11 is 0. The predicted octanol–water partition coefficient (Wildman–Crippen LogP) is 4.91. The molecule has 3 heterocycles. The zero-order chi connectivity index (χ0) is 24.4. The second-order valence-corrected chi connectivity index (χ2v) is 7.54. The third kappa shape index (κ3) is 4.34. The molecule has 1 amide bonds. The quantitative estimate of drug-likeness (QED) is 0.368. The van der Waals surface area contributed by atoms with Gasteiger partial charge in [0.05, 0.1) is 18.2 Å². The molecular formula is C26H19FN4O4. The average Bonchev–Trinajstić information content (AvgIpc) is 3.36. The van der Waals surface area contributed by atoms with Crippen LogP contribution < -0.4 is 20.3 Å². The van der Waals surface area contributed by atoms with Gasteiger partial charge in [-0.05, 0) is 60.7 Å². The molecule has 2 aromatic carbocycles. The Balaban J connectivity index is 1.40. The summed E-state index contributed by atoms with van der Waals surface area (Å²) in [5, 5.41) is 3.54. The van der Waals surface area contributed by atoms with Crippen molar-refractivity contribution < 1.29 is 18.7 Å². The van der Waals surface area contributed by atoms with Crippen LogP contribution in [-0.4, -0.2) is 27.6 Å². The number of hydrogen-bond donors (Lipinski definition) is 2. The van der Waals surface area contributed by atoms with Crippen LogP contribution in [0.1, 0.15) is 10.4 Å². The molecule has 5 rings (SSSR count). The average molecular weight is 470 g/mol. The van der Waals surface area contributed by atoms with Gasteiger partial charge >= 0.3 is 0 Å². The van der Waals surface area contributed by atoms with Gasteiger partial charge in [0.2, 0.25) is 0 Å². The lowest BCUT2D eigenvalue weighted by molar-refractivity contribution is 0.102. The van der Waals surface area contributed by atoms with E-state index in [2.05, 4.69) is 15.3 Å². The standard InChI is InChI=1S/C26H19FN4O4/c1-34-23-15-18(35-22-11-13-29-24-19(22)10-12-28-24)8-9-21(23)30-25(32)20-3-2-14-31(26(20)33)17-6-4-16(27)5-7-17/h2-15H,1H3,(H,28,29)(H,30,32). The first-order valence-electron chi connectivity index (χ1n) is 10.6. The predicted molar refractivity (Wildman–Crippen MR) is 129 cm³/mol. The fraction of sp³-hybridized carbons (Fsp3) is 0.0385. The number of amides is 1. The number of aromatic nitrogens is 3. The van der Waals surface area contributed by atoms with E-state index in [9.17, 15) is 14.0 Å². The number of aromatic amines is 1. The molecule has 0 fully saturated rings. The monoisotopic (exact) mass is 470 g/mol. The Hall–Kier alpha value is -4.92. The molecule has 0 unspecified atom stereocenters. The van der Waals surface area contributed by atoms with E-state index in [1.807, 2.05) is 6.07 Å². The normalized spacial score (nSPS) is 10.8. The highest BCUT2D eigenvalue weighted by molar-refractivity contribution is 6.04. The molecule has 174 valence electrons. The molecule has 0 aliphatic carbocycles.